The third kappa shape index (κ3) is 4.06. The number of nitrogens with zero attached hydrogens (tertiary/aromatic N) is 3. The Balaban J connectivity index is 2.27. The summed E-state index contributed by atoms with van der Waals surface area (Å²) in [6.45, 7) is 1.98. The second kappa shape index (κ2) is 8.23. The van der Waals surface area contributed by atoms with Gasteiger partial charge in [-0.15, -0.1) is 0 Å². The van der Waals surface area contributed by atoms with E-state index in [0.717, 1.165) is 26.5 Å². The van der Waals surface area contributed by atoms with Gasteiger partial charge in [-0.25, -0.2) is 17.1 Å². The van der Waals surface area contributed by atoms with Crippen molar-refractivity contribution in [3.63, 3.8) is 0 Å². The Hall–Kier alpha value is -2.26. The summed E-state index contributed by atoms with van der Waals surface area (Å²) in [5.74, 6) is -0.351. The van der Waals surface area contributed by atoms with Crippen molar-refractivity contribution in [3.8, 4) is 11.1 Å². The predicted octanol–water partition coefficient (Wildman–Crippen LogP) is 3.73. The Labute approximate surface area is 174 Å². The Morgan fingerprint density at radius 3 is 2.69 bits per heavy atom. The highest BCUT2D eigenvalue weighted by atomic mass is 35.5. The zero-order valence-electron chi connectivity index (χ0n) is 16.4. The molecule has 0 aliphatic carbocycles. The standard InChI is InChI=1S/C20H22ClFN4O2S/c1-13-20(14-8-17(11-24-10-14)29(27,28)25(2)3)18-9-15(21)4-5-19(18)26(13)12-16(22)6-7-23/h4-6,8-11H,7,12,23H2,1-3H3. The number of allylic oxidation sites excluding steroid dienone is 1. The molecule has 0 fully saturated rings. The van der Waals surface area contributed by atoms with Crippen LogP contribution in [0, 0.1) is 6.92 Å². The lowest BCUT2D eigenvalue weighted by Crippen LogP contribution is -2.22. The maximum absolute atomic E-state index is 14.2. The summed E-state index contributed by atoms with van der Waals surface area (Å²) in [7, 11) is -0.719. The lowest BCUT2D eigenvalue weighted by molar-refractivity contribution is 0.520. The lowest BCUT2D eigenvalue weighted by atomic mass is 10.0. The van der Waals surface area contributed by atoms with Gasteiger partial charge in [-0.1, -0.05) is 11.6 Å². The molecule has 0 aliphatic rings. The SMILES string of the molecule is Cc1c(-c2cncc(S(=O)(=O)N(C)C)c2)c2cc(Cl)ccc2n1CC(F)=CCN. The first-order chi connectivity index (χ1) is 13.7. The number of fused-ring (bicyclic) bond motifs is 1. The van der Waals surface area contributed by atoms with Crippen LogP contribution in [-0.4, -0.2) is 42.9 Å². The zero-order valence-corrected chi connectivity index (χ0v) is 17.9. The van der Waals surface area contributed by atoms with Crippen LogP contribution >= 0.6 is 11.6 Å². The number of sulfonamides is 1. The van der Waals surface area contributed by atoms with Crippen LogP contribution in [0.25, 0.3) is 22.0 Å². The second-order valence-corrected chi connectivity index (χ2v) is 9.38. The minimum atomic E-state index is -3.65. The highest BCUT2D eigenvalue weighted by Gasteiger charge is 2.21. The average molecular weight is 437 g/mol. The number of hydrogen-bond donors (Lipinski definition) is 1. The maximum atomic E-state index is 14.2. The van der Waals surface area contributed by atoms with Crippen molar-refractivity contribution in [2.75, 3.05) is 20.6 Å². The van der Waals surface area contributed by atoms with E-state index in [4.69, 9.17) is 17.3 Å². The Morgan fingerprint density at radius 2 is 2.03 bits per heavy atom. The molecule has 2 heterocycles. The fourth-order valence-corrected chi connectivity index (χ4v) is 4.34. The molecule has 2 aromatic heterocycles. The minimum absolute atomic E-state index is 0.0181. The van der Waals surface area contributed by atoms with E-state index in [0.29, 0.717) is 10.6 Å². The van der Waals surface area contributed by atoms with Crippen molar-refractivity contribution in [1.82, 2.24) is 13.9 Å². The normalized spacial score (nSPS) is 12.9. The van der Waals surface area contributed by atoms with Gasteiger partial charge >= 0.3 is 0 Å². The third-order valence-corrected chi connectivity index (χ3v) is 6.73. The summed E-state index contributed by atoms with van der Waals surface area (Å²) < 4.78 is 42.2. The van der Waals surface area contributed by atoms with E-state index < -0.39 is 10.0 Å². The highest BCUT2D eigenvalue weighted by molar-refractivity contribution is 7.89. The van der Waals surface area contributed by atoms with Gasteiger partial charge < -0.3 is 10.3 Å². The molecule has 0 saturated carbocycles. The maximum Gasteiger partial charge on any atom is 0.244 e. The molecule has 0 spiro atoms. The molecular weight excluding hydrogens is 415 g/mol. The average Bonchev–Trinajstić information content (AvgIpc) is 2.92. The molecule has 0 saturated heterocycles. The van der Waals surface area contributed by atoms with Crippen LogP contribution in [0.15, 0.2) is 53.5 Å². The molecule has 9 heteroatoms. The molecule has 0 atom stereocenters. The second-order valence-electron chi connectivity index (χ2n) is 6.79. The van der Waals surface area contributed by atoms with Gasteiger partial charge in [0.1, 0.15) is 10.7 Å². The topological polar surface area (TPSA) is 81.2 Å². The number of hydrogen-bond acceptors (Lipinski definition) is 4. The van der Waals surface area contributed by atoms with Crippen molar-refractivity contribution in [2.24, 2.45) is 5.73 Å². The number of benzene rings is 1. The summed E-state index contributed by atoms with van der Waals surface area (Å²) >= 11 is 6.21. The predicted molar refractivity (Wildman–Crippen MR) is 114 cm³/mol. The van der Waals surface area contributed by atoms with E-state index in [1.54, 1.807) is 24.4 Å². The van der Waals surface area contributed by atoms with Crippen molar-refractivity contribution >= 4 is 32.5 Å². The van der Waals surface area contributed by atoms with Gasteiger partial charge in [0, 0.05) is 65.8 Å². The Bertz CT molecular complexity index is 1200. The largest absolute Gasteiger partial charge is 0.337 e. The highest BCUT2D eigenvalue weighted by Crippen LogP contribution is 2.37. The first kappa shape index (κ1) is 21.4. The fourth-order valence-electron chi connectivity index (χ4n) is 3.27. The number of nitrogens with two attached hydrogens (primary N) is 1. The van der Waals surface area contributed by atoms with E-state index in [9.17, 15) is 12.8 Å². The first-order valence-electron chi connectivity index (χ1n) is 8.87. The molecular formula is C20H22ClFN4O2S. The number of aromatic nitrogens is 2. The molecule has 0 aliphatic heterocycles. The Morgan fingerprint density at radius 1 is 1.31 bits per heavy atom. The molecule has 0 radical (unpaired) electrons. The molecule has 0 bridgehead atoms. The fraction of sp³-hybridized carbons (Fsp3) is 0.250. The Kier molecular flexibility index (Phi) is 6.09. The monoisotopic (exact) mass is 436 g/mol. The molecule has 0 amide bonds. The molecule has 3 aromatic rings. The van der Waals surface area contributed by atoms with Crippen molar-refractivity contribution in [2.45, 2.75) is 18.4 Å². The zero-order chi connectivity index (χ0) is 21.3. The number of pyridine rings is 1. The van der Waals surface area contributed by atoms with Crippen LogP contribution < -0.4 is 5.73 Å². The van der Waals surface area contributed by atoms with E-state index in [-0.39, 0.29) is 23.8 Å². The molecule has 154 valence electrons. The van der Waals surface area contributed by atoms with Crippen LogP contribution in [-0.2, 0) is 16.6 Å². The van der Waals surface area contributed by atoms with Crippen LogP contribution in [0.5, 0.6) is 0 Å². The van der Waals surface area contributed by atoms with Crippen LogP contribution in [0.1, 0.15) is 5.69 Å². The van der Waals surface area contributed by atoms with Crippen LogP contribution in [0.3, 0.4) is 0 Å². The van der Waals surface area contributed by atoms with Crippen molar-refractivity contribution in [1.29, 1.82) is 0 Å². The van der Waals surface area contributed by atoms with Crippen LogP contribution in [0.4, 0.5) is 4.39 Å². The van der Waals surface area contributed by atoms with Gasteiger partial charge in [0.15, 0.2) is 0 Å². The van der Waals surface area contributed by atoms with Gasteiger partial charge in [-0.05, 0) is 37.3 Å². The van der Waals surface area contributed by atoms with E-state index in [2.05, 4.69) is 4.98 Å². The van der Waals surface area contributed by atoms with E-state index in [1.807, 2.05) is 17.6 Å². The van der Waals surface area contributed by atoms with Crippen molar-refractivity contribution in [3.05, 3.63) is 59.3 Å². The number of rotatable bonds is 6. The molecule has 0 unspecified atom stereocenters. The van der Waals surface area contributed by atoms with E-state index >= 15 is 0 Å². The number of halogens is 2. The summed E-state index contributed by atoms with van der Waals surface area (Å²) in [5, 5.41) is 1.32. The van der Waals surface area contributed by atoms with E-state index in [1.165, 1.54) is 26.4 Å². The van der Waals surface area contributed by atoms with Gasteiger partial charge in [0.2, 0.25) is 10.0 Å². The van der Waals surface area contributed by atoms with Crippen molar-refractivity contribution < 1.29 is 12.8 Å². The van der Waals surface area contributed by atoms with Crippen LogP contribution in [0.2, 0.25) is 5.02 Å². The summed E-state index contributed by atoms with van der Waals surface area (Å²) in [6.07, 6.45) is 4.23. The van der Waals surface area contributed by atoms with Gasteiger partial charge in [-0.2, -0.15) is 0 Å². The minimum Gasteiger partial charge on any atom is -0.337 e. The lowest BCUT2D eigenvalue weighted by Gasteiger charge is -2.12. The molecule has 3 rings (SSSR count). The third-order valence-electron chi connectivity index (χ3n) is 4.71. The quantitative estimate of drug-likeness (QED) is 0.638. The molecule has 1 aromatic carbocycles. The van der Waals surface area contributed by atoms with Gasteiger partial charge in [-0.3, -0.25) is 4.98 Å². The summed E-state index contributed by atoms with van der Waals surface area (Å²) in [6, 6.07) is 6.91. The summed E-state index contributed by atoms with van der Waals surface area (Å²) in [4.78, 5) is 4.21. The molecule has 29 heavy (non-hydrogen) atoms. The van der Waals surface area contributed by atoms with Gasteiger partial charge in [0.25, 0.3) is 0 Å². The summed E-state index contributed by atoms with van der Waals surface area (Å²) in [5.41, 5.74) is 8.33. The molecule has 6 nitrogen and oxygen atoms in total. The first-order valence-corrected chi connectivity index (χ1v) is 10.7. The molecule has 2 N–H and O–H groups in total. The van der Waals surface area contributed by atoms with Gasteiger partial charge in [0.05, 0.1) is 6.54 Å². The smallest absolute Gasteiger partial charge is 0.244 e.